The van der Waals surface area contributed by atoms with Gasteiger partial charge in [-0.3, -0.25) is 4.79 Å². The molecule has 0 bridgehead atoms. The van der Waals surface area contributed by atoms with E-state index in [0.29, 0.717) is 6.42 Å². The normalized spacial score (nSPS) is 12.1. The maximum atomic E-state index is 10.3. The zero-order valence-corrected chi connectivity index (χ0v) is 12.9. The molecule has 0 aliphatic rings. The fourth-order valence-electron chi connectivity index (χ4n) is 1.84. The second-order valence-electron chi connectivity index (χ2n) is 5.04. The average molecular weight is 278 g/mol. The standard InChI is InChI=1S/C18H30O2/c1-2-3-4-5-6-7-8-9-10-11-12-13-14-15-16-17-18(19)20/h4-7,10-11H,2-3,8-9,12-17H2,1H3,(H,19,20)/b5-4-,7-6+,11-10-. The van der Waals surface area contributed by atoms with E-state index in [1.54, 1.807) is 0 Å². The van der Waals surface area contributed by atoms with Gasteiger partial charge < -0.3 is 5.11 Å². The molecular weight excluding hydrogens is 248 g/mol. The van der Waals surface area contributed by atoms with Gasteiger partial charge in [0.1, 0.15) is 0 Å². The number of carbonyl (C=O) groups is 1. The van der Waals surface area contributed by atoms with Gasteiger partial charge in [-0.25, -0.2) is 0 Å². The van der Waals surface area contributed by atoms with Gasteiger partial charge in [0.25, 0.3) is 0 Å². The molecule has 0 aliphatic heterocycles. The van der Waals surface area contributed by atoms with Gasteiger partial charge in [-0.15, -0.1) is 0 Å². The Balaban J connectivity index is 3.26. The first kappa shape index (κ1) is 18.7. The van der Waals surface area contributed by atoms with Gasteiger partial charge in [0.15, 0.2) is 0 Å². The van der Waals surface area contributed by atoms with E-state index in [9.17, 15) is 4.79 Å². The monoisotopic (exact) mass is 278 g/mol. The van der Waals surface area contributed by atoms with Crippen molar-refractivity contribution < 1.29 is 9.90 Å². The van der Waals surface area contributed by atoms with Crippen LogP contribution in [0.15, 0.2) is 36.5 Å². The topological polar surface area (TPSA) is 37.3 Å². The summed E-state index contributed by atoms with van der Waals surface area (Å²) in [5, 5.41) is 8.50. The minimum absolute atomic E-state index is 0.314. The molecule has 2 heteroatoms. The number of aliphatic carboxylic acids is 1. The molecule has 1 N–H and O–H groups in total. The second kappa shape index (κ2) is 15.7. The summed E-state index contributed by atoms with van der Waals surface area (Å²) in [5.41, 5.74) is 0. The molecule has 114 valence electrons. The van der Waals surface area contributed by atoms with Crippen LogP contribution in [0.4, 0.5) is 0 Å². The molecule has 0 saturated carbocycles. The van der Waals surface area contributed by atoms with Crippen molar-refractivity contribution in [2.75, 3.05) is 0 Å². The van der Waals surface area contributed by atoms with Gasteiger partial charge in [-0.1, -0.05) is 62.6 Å². The molecule has 0 fully saturated rings. The molecule has 0 saturated heterocycles. The predicted molar refractivity (Wildman–Crippen MR) is 86.9 cm³/mol. The largest absolute Gasteiger partial charge is 0.481 e. The van der Waals surface area contributed by atoms with Gasteiger partial charge in [0.2, 0.25) is 0 Å². The van der Waals surface area contributed by atoms with E-state index in [1.807, 2.05) is 0 Å². The number of hydrogen-bond acceptors (Lipinski definition) is 1. The summed E-state index contributed by atoms with van der Waals surface area (Å²) in [6.07, 6.45) is 23.4. The second-order valence-corrected chi connectivity index (χ2v) is 5.04. The van der Waals surface area contributed by atoms with E-state index in [0.717, 1.165) is 44.9 Å². The van der Waals surface area contributed by atoms with E-state index in [1.165, 1.54) is 12.8 Å². The van der Waals surface area contributed by atoms with Crippen LogP contribution in [0.25, 0.3) is 0 Å². The lowest BCUT2D eigenvalue weighted by Crippen LogP contribution is -1.93. The fraction of sp³-hybridized carbons (Fsp3) is 0.611. The Morgan fingerprint density at radius 1 is 0.800 bits per heavy atom. The molecule has 0 aromatic heterocycles. The van der Waals surface area contributed by atoms with Gasteiger partial charge in [0.05, 0.1) is 0 Å². The zero-order valence-electron chi connectivity index (χ0n) is 12.9. The minimum Gasteiger partial charge on any atom is -0.481 e. The highest BCUT2D eigenvalue weighted by atomic mass is 16.4. The fourth-order valence-corrected chi connectivity index (χ4v) is 1.84. The van der Waals surface area contributed by atoms with Crippen molar-refractivity contribution in [2.24, 2.45) is 0 Å². The molecule has 0 aromatic carbocycles. The first-order valence-electron chi connectivity index (χ1n) is 7.95. The van der Waals surface area contributed by atoms with Crippen LogP contribution in [0.1, 0.15) is 71.1 Å². The third kappa shape index (κ3) is 16.7. The smallest absolute Gasteiger partial charge is 0.303 e. The highest BCUT2D eigenvalue weighted by Gasteiger charge is 1.95. The SMILES string of the molecule is CCC/C=C\C=C\CC/C=C\CCCCCCC(=O)O. The van der Waals surface area contributed by atoms with Crippen LogP contribution >= 0.6 is 0 Å². The molecule has 2 nitrogen and oxygen atoms in total. The van der Waals surface area contributed by atoms with Crippen LogP contribution in [0.2, 0.25) is 0 Å². The number of unbranched alkanes of at least 4 members (excludes halogenated alkanes) is 6. The van der Waals surface area contributed by atoms with Crippen molar-refractivity contribution >= 4 is 5.97 Å². The number of carboxylic acid groups (broad SMARTS) is 1. The van der Waals surface area contributed by atoms with Crippen molar-refractivity contribution in [1.29, 1.82) is 0 Å². The Morgan fingerprint density at radius 3 is 2.10 bits per heavy atom. The number of carboxylic acids is 1. The summed E-state index contributed by atoms with van der Waals surface area (Å²) in [4.78, 5) is 10.3. The van der Waals surface area contributed by atoms with Crippen LogP contribution < -0.4 is 0 Å². The van der Waals surface area contributed by atoms with Gasteiger partial charge in [-0.2, -0.15) is 0 Å². The summed E-state index contributed by atoms with van der Waals surface area (Å²) >= 11 is 0. The highest BCUT2D eigenvalue weighted by Crippen LogP contribution is 2.06. The Morgan fingerprint density at radius 2 is 1.40 bits per heavy atom. The third-order valence-electron chi connectivity index (χ3n) is 3.02. The van der Waals surface area contributed by atoms with Crippen molar-refractivity contribution in [3.8, 4) is 0 Å². The van der Waals surface area contributed by atoms with E-state index >= 15 is 0 Å². The Labute approximate surface area is 124 Å². The maximum Gasteiger partial charge on any atom is 0.303 e. The van der Waals surface area contributed by atoms with Crippen LogP contribution in [-0.4, -0.2) is 11.1 Å². The van der Waals surface area contributed by atoms with E-state index in [4.69, 9.17) is 5.11 Å². The van der Waals surface area contributed by atoms with Crippen molar-refractivity contribution in [3.63, 3.8) is 0 Å². The lowest BCUT2D eigenvalue weighted by molar-refractivity contribution is -0.137. The Hall–Kier alpha value is -1.31. The van der Waals surface area contributed by atoms with Crippen molar-refractivity contribution in [3.05, 3.63) is 36.5 Å². The third-order valence-corrected chi connectivity index (χ3v) is 3.02. The summed E-state index contributed by atoms with van der Waals surface area (Å²) < 4.78 is 0. The van der Waals surface area contributed by atoms with Gasteiger partial charge >= 0.3 is 5.97 Å². The average Bonchev–Trinajstić information content (AvgIpc) is 2.43. The molecule has 20 heavy (non-hydrogen) atoms. The molecule has 0 aromatic rings. The first-order chi connectivity index (χ1) is 9.77. The zero-order chi connectivity index (χ0) is 14.9. The maximum absolute atomic E-state index is 10.3. The van der Waals surface area contributed by atoms with E-state index in [-0.39, 0.29) is 0 Å². The number of allylic oxidation sites excluding steroid dienone is 6. The molecule has 0 amide bonds. The molecule has 0 atom stereocenters. The minimum atomic E-state index is -0.678. The lowest BCUT2D eigenvalue weighted by atomic mass is 10.1. The summed E-state index contributed by atoms with van der Waals surface area (Å²) in [5.74, 6) is -0.678. The quantitative estimate of drug-likeness (QED) is 0.268. The highest BCUT2D eigenvalue weighted by molar-refractivity contribution is 5.66. The Bertz CT molecular complexity index is 301. The number of hydrogen-bond donors (Lipinski definition) is 1. The van der Waals surface area contributed by atoms with Crippen LogP contribution in [0.3, 0.4) is 0 Å². The molecule has 0 aliphatic carbocycles. The van der Waals surface area contributed by atoms with Gasteiger partial charge in [0, 0.05) is 6.42 Å². The predicted octanol–water partition coefficient (Wildman–Crippen LogP) is 5.66. The summed E-state index contributed by atoms with van der Waals surface area (Å²) in [6, 6.07) is 0. The van der Waals surface area contributed by atoms with Crippen LogP contribution in [-0.2, 0) is 4.79 Å². The lowest BCUT2D eigenvalue weighted by Gasteiger charge is -1.96. The van der Waals surface area contributed by atoms with Crippen LogP contribution in [0.5, 0.6) is 0 Å². The molecule has 0 spiro atoms. The molecule has 0 rings (SSSR count). The van der Waals surface area contributed by atoms with Crippen molar-refractivity contribution in [2.45, 2.75) is 71.1 Å². The Kier molecular flexibility index (Phi) is 14.7. The summed E-state index contributed by atoms with van der Waals surface area (Å²) in [6.45, 7) is 2.19. The molecule has 0 radical (unpaired) electrons. The van der Waals surface area contributed by atoms with E-state index in [2.05, 4.69) is 43.4 Å². The van der Waals surface area contributed by atoms with E-state index < -0.39 is 5.97 Å². The first-order valence-corrected chi connectivity index (χ1v) is 7.95. The molecule has 0 heterocycles. The van der Waals surface area contributed by atoms with Crippen LogP contribution in [0, 0.1) is 0 Å². The van der Waals surface area contributed by atoms with Gasteiger partial charge in [-0.05, 0) is 38.5 Å². The molecule has 0 unspecified atom stereocenters. The summed E-state index contributed by atoms with van der Waals surface area (Å²) in [7, 11) is 0. The molecular formula is C18H30O2. The van der Waals surface area contributed by atoms with Crippen molar-refractivity contribution in [1.82, 2.24) is 0 Å². The number of rotatable bonds is 13.